The van der Waals surface area contributed by atoms with Gasteiger partial charge in [-0.25, -0.2) is 4.98 Å². The van der Waals surface area contributed by atoms with Gasteiger partial charge in [-0.05, 0) is 56.2 Å². The van der Waals surface area contributed by atoms with E-state index in [-0.39, 0.29) is 11.5 Å². The summed E-state index contributed by atoms with van der Waals surface area (Å²) in [7, 11) is 3.43. The van der Waals surface area contributed by atoms with Crippen molar-refractivity contribution in [3.05, 3.63) is 62.9 Å². The number of aromatic nitrogens is 2. The minimum atomic E-state index is -0.394. The molecule has 0 fully saturated rings. The lowest BCUT2D eigenvalue weighted by molar-refractivity contribution is -0.127. The number of thioether (sulfide) groups is 1. The molecule has 3 aromatic rings. The Morgan fingerprint density at radius 3 is 2.61 bits per heavy atom. The van der Waals surface area contributed by atoms with Gasteiger partial charge in [0.1, 0.15) is 0 Å². The monoisotopic (exact) mass is 415 g/mol. The molecule has 0 aliphatic carbocycles. The smallest absolute Gasteiger partial charge is 0.266 e. The van der Waals surface area contributed by atoms with Gasteiger partial charge in [-0.15, -0.1) is 0 Å². The average molecular weight is 416 g/mol. The molecule has 0 N–H and O–H groups in total. The Balaban J connectivity index is 2.29. The summed E-state index contributed by atoms with van der Waals surface area (Å²) >= 11 is 7.38. The lowest BCUT2D eigenvalue weighted by atomic mass is 10.1. The summed E-state index contributed by atoms with van der Waals surface area (Å²) in [5, 5.41) is 1.07. The van der Waals surface area contributed by atoms with E-state index in [2.05, 4.69) is 0 Å². The van der Waals surface area contributed by atoms with Gasteiger partial charge in [0.15, 0.2) is 5.16 Å². The van der Waals surface area contributed by atoms with E-state index in [1.165, 1.54) is 16.7 Å². The van der Waals surface area contributed by atoms with Crippen molar-refractivity contribution < 1.29 is 4.79 Å². The number of hydrogen-bond donors (Lipinski definition) is 0. The number of rotatable bonds is 4. The van der Waals surface area contributed by atoms with Crippen molar-refractivity contribution in [1.29, 1.82) is 0 Å². The first-order valence-corrected chi connectivity index (χ1v) is 10.1. The zero-order chi connectivity index (χ0) is 20.6. The molecule has 0 radical (unpaired) electrons. The Bertz CT molecular complexity index is 1120. The number of amides is 1. The maximum absolute atomic E-state index is 13.4. The number of hydrogen-bond acceptors (Lipinski definition) is 4. The molecule has 0 unspecified atom stereocenters. The van der Waals surface area contributed by atoms with Gasteiger partial charge in [-0.1, -0.05) is 35.5 Å². The molecule has 1 amide bonds. The molecule has 0 bridgehead atoms. The van der Waals surface area contributed by atoms with Crippen molar-refractivity contribution in [1.82, 2.24) is 14.5 Å². The SMILES string of the molecule is Cc1cccc(-n2c(S[C@H](C)C(=O)N(C)C)nc3cc(Cl)ccc3c2=O)c1C. The summed E-state index contributed by atoms with van der Waals surface area (Å²) in [6, 6.07) is 10.9. The molecular weight excluding hydrogens is 394 g/mol. The third-order valence-corrected chi connectivity index (χ3v) is 5.96. The number of fused-ring (bicyclic) bond motifs is 1. The quantitative estimate of drug-likeness (QED) is 0.472. The molecule has 1 atom stereocenters. The van der Waals surface area contributed by atoms with Gasteiger partial charge >= 0.3 is 0 Å². The van der Waals surface area contributed by atoms with Crippen LogP contribution in [0.2, 0.25) is 5.02 Å². The van der Waals surface area contributed by atoms with Crippen molar-refractivity contribution >= 4 is 40.2 Å². The number of benzene rings is 2. The second-order valence-electron chi connectivity index (χ2n) is 6.91. The van der Waals surface area contributed by atoms with Gasteiger partial charge in [0.05, 0.1) is 21.8 Å². The van der Waals surface area contributed by atoms with Crippen molar-refractivity contribution in [2.45, 2.75) is 31.2 Å². The molecule has 2 aromatic carbocycles. The van der Waals surface area contributed by atoms with Crippen molar-refractivity contribution in [2.24, 2.45) is 0 Å². The van der Waals surface area contributed by atoms with Crippen LogP contribution in [0.3, 0.4) is 0 Å². The highest BCUT2D eigenvalue weighted by Crippen LogP contribution is 2.28. The second-order valence-corrected chi connectivity index (χ2v) is 8.65. The zero-order valence-electron chi connectivity index (χ0n) is 16.5. The van der Waals surface area contributed by atoms with Crippen LogP contribution in [0, 0.1) is 13.8 Å². The van der Waals surface area contributed by atoms with Crippen LogP contribution in [0.1, 0.15) is 18.1 Å². The Labute approximate surface area is 173 Å². The second kappa shape index (κ2) is 7.97. The van der Waals surface area contributed by atoms with Crippen molar-refractivity contribution in [3.8, 4) is 5.69 Å². The van der Waals surface area contributed by atoms with Gasteiger partial charge in [0.25, 0.3) is 5.56 Å². The van der Waals surface area contributed by atoms with E-state index in [9.17, 15) is 9.59 Å². The lowest BCUT2D eigenvalue weighted by Crippen LogP contribution is -2.31. The van der Waals surface area contributed by atoms with Crippen LogP contribution >= 0.6 is 23.4 Å². The van der Waals surface area contributed by atoms with Gasteiger partial charge in [-0.2, -0.15) is 0 Å². The van der Waals surface area contributed by atoms with E-state index in [1.54, 1.807) is 36.9 Å². The average Bonchev–Trinajstić information content (AvgIpc) is 2.63. The predicted molar refractivity (Wildman–Crippen MR) is 116 cm³/mol. The Morgan fingerprint density at radius 1 is 1.21 bits per heavy atom. The molecule has 0 aliphatic rings. The predicted octanol–water partition coefficient (Wildman–Crippen LogP) is 4.22. The number of carbonyl (C=O) groups excluding carboxylic acids is 1. The maximum Gasteiger partial charge on any atom is 0.266 e. The molecular formula is C21H22ClN3O2S. The highest BCUT2D eigenvalue weighted by Gasteiger charge is 2.22. The van der Waals surface area contributed by atoms with Gasteiger partial charge in [0.2, 0.25) is 5.91 Å². The summed E-state index contributed by atoms with van der Waals surface area (Å²) < 4.78 is 1.60. The van der Waals surface area contributed by atoms with Crippen LogP contribution in [-0.2, 0) is 4.79 Å². The van der Waals surface area contributed by atoms with Crippen LogP contribution in [-0.4, -0.2) is 39.7 Å². The molecule has 146 valence electrons. The first kappa shape index (κ1) is 20.4. The minimum absolute atomic E-state index is 0.0436. The summed E-state index contributed by atoms with van der Waals surface area (Å²) in [6.45, 7) is 5.80. The Morgan fingerprint density at radius 2 is 1.93 bits per heavy atom. The number of halogens is 1. The van der Waals surface area contributed by atoms with Gasteiger partial charge in [-0.3, -0.25) is 14.2 Å². The van der Waals surface area contributed by atoms with Gasteiger partial charge in [0, 0.05) is 19.1 Å². The van der Waals surface area contributed by atoms with Crippen molar-refractivity contribution in [3.63, 3.8) is 0 Å². The topological polar surface area (TPSA) is 55.2 Å². The fourth-order valence-electron chi connectivity index (χ4n) is 2.98. The summed E-state index contributed by atoms with van der Waals surface area (Å²) in [5.41, 5.74) is 3.18. The van der Waals surface area contributed by atoms with E-state index in [4.69, 9.17) is 16.6 Å². The van der Waals surface area contributed by atoms with Crippen LogP contribution in [0.15, 0.2) is 46.3 Å². The largest absolute Gasteiger partial charge is 0.348 e. The van der Waals surface area contributed by atoms with E-state index >= 15 is 0 Å². The molecule has 0 saturated heterocycles. The van der Waals surface area contributed by atoms with E-state index in [1.807, 2.05) is 39.0 Å². The summed E-state index contributed by atoms with van der Waals surface area (Å²) in [4.78, 5) is 32.0. The Hall–Kier alpha value is -2.31. The standard InChI is InChI=1S/C21H22ClN3O2S/c1-12-7-6-8-18(13(12)2)25-20(27)16-10-9-15(22)11-17(16)23-21(25)28-14(3)19(26)24(4)5/h6-11,14H,1-5H3/t14-/m1/s1. The molecule has 5 nitrogen and oxygen atoms in total. The first-order valence-electron chi connectivity index (χ1n) is 8.87. The normalized spacial score (nSPS) is 12.2. The molecule has 0 aliphatic heterocycles. The molecule has 1 heterocycles. The molecule has 1 aromatic heterocycles. The van der Waals surface area contributed by atoms with Crippen LogP contribution in [0.25, 0.3) is 16.6 Å². The molecule has 3 rings (SSSR count). The van der Waals surface area contributed by atoms with Gasteiger partial charge < -0.3 is 4.90 Å². The number of carbonyl (C=O) groups is 1. The molecule has 28 heavy (non-hydrogen) atoms. The highest BCUT2D eigenvalue weighted by molar-refractivity contribution is 8.00. The van der Waals surface area contributed by atoms with Crippen LogP contribution in [0.5, 0.6) is 0 Å². The number of nitrogens with zero attached hydrogens (tertiary/aromatic N) is 3. The summed E-state index contributed by atoms with van der Waals surface area (Å²) in [6.07, 6.45) is 0. The first-order chi connectivity index (χ1) is 13.2. The number of aryl methyl sites for hydroxylation is 1. The van der Waals surface area contributed by atoms with Crippen molar-refractivity contribution in [2.75, 3.05) is 14.1 Å². The fraction of sp³-hybridized carbons (Fsp3) is 0.286. The van der Waals surface area contributed by atoms with E-state index in [0.29, 0.717) is 21.1 Å². The lowest BCUT2D eigenvalue weighted by Gasteiger charge is -2.20. The third-order valence-electron chi connectivity index (χ3n) is 4.69. The molecule has 7 heteroatoms. The van der Waals surface area contributed by atoms with Crippen LogP contribution < -0.4 is 5.56 Å². The zero-order valence-corrected chi connectivity index (χ0v) is 18.1. The molecule has 0 saturated carbocycles. The molecule has 0 spiro atoms. The maximum atomic E-state index is 13.4. The fourth-order valence-corrected chi connectivity index (χ4v) is 4.21. The van der Waals surface area contributed by atoms with Crippen LogP contribution in [0.4, 0.5) is 0 Å². The summed E-state index contributed by atoms with van der Waals surface area (Å²) in [5.74, 6) is -0.0436. The highest BCUT2D eigenvalue weighted by atomic mass is 35.5. The van der Waals surface area contributed by atoms with E-state index in [0.717, 1.165) is 16.8 Å². The third kappa shape index (κ3) is 3.80. The Kier molecular flexibility index (Phi) is 5.82. The van der Waals surface area contributed by atoms with E-state index < -0.39 is 5.25 Å². The minimum Gasteiger partial charge on any atom is -0.348 e.